The van der Waals surface area contributed by atoms with Crippen LogP contribution < -0.4 is 4.57 Å². The maximum Gasteiger partial charge on any atom is 0.175 e. The van der Waals surface area contributed by atoms with Gasteiger partial charge in [0.2, 0.25) is 0 Å². The summed E-state index contributed by atoms with van der Waals surface area (Å²) < 4.78 is 3.35. The van der Waals surface area contributed by atoms with Crippen molar-refractivity contribution >= 4 is 15.9 Å². The van der Waals surface area contributed by atoms with E-state index in [1.165, 1.54) is 15.6 Å². The summed E-state index contributed by atoms with van der Waals surface area (Å²) in [7, 11) is 0. The van der Waals surface area contributed by atoms with E-state index in [9.17, 15) is 0 Å². The zero-order chi connectivity index (χ0) is 10.7. The molecule has 0 saturated heterocycles. The Morgan fingerprint density at radius 3 is 2.47 bits per heavy atom. The normalized spacial score (nSPS) is 10.3. The number of pyridine rings is 1. The average molecular weight is 263 g/mol. The quantitative estimate of drug-likeness (QED) is 0.733. The van der Waals surface area contributed by atoms with Crippen LogP contribution in [0, 0.1) is 6.92 Å². The molecule has 0 radical (unpaired) electrons. The van der Waals surface area contributed by atoms with Crippen LogP contribution in [0.2, 0.25) is 0 Å². The number of hydrogen-bond acceptors (Lipinski definition) is 0. The van der Waals surface area contributed by atoms with Crippen molar-refractivity contribution in [1.82, 2.24) is 0 Å². The Bertz CT molecular complexity index is 431. The molecule has 2 heteroatoms. The van der Waals surface area contributed by atoms with Gasteiger partial charge in [0.25, 0.3) is 0 Å². The summed E-state index contributed by atoms with van der Waals surface area (Å²) in [6.07, 6.45) is 4.16. The first-order valence-corrected chi connectivity index (χ1v) is 5.75. The van der Waals surface area contributed by atoms with E-state index in [0.717, 1.165) is 6.54 Å². The molecule has 0 fully saturated rings. The lowest BCUT2D eigenvalue weighted by Gasteiger charge is -2.04. The Kier molecular flexibility index (Phi) is 3.17. The second-order valence-electron chi connectivity index (χ2n) is 3.58. The molecule has 1 nitrogen and oxygen atoms in total. The van der Waals surface area contributed by atoms with Gasteiger partial charge >= 0.3 is 0 Å². The van der Waals surface area contributed by atoms with Crippen LogP contribution in [0.4, 0.5) is 0 Å². The van der Waals surface area contributed by atoms with Crippen molar-refractivity contribution in [3.8, 4) is 0 Å². The van der Waals surface area contributed by atoms with Gasteiger partial charge in [-0.1, -0.05) is 34.1 Å². The average Bonchev–Trinajstić information content (AvgIpc) is 2.25. The minimum absolute atomic E-state index is 0.911. The molecule has 0 N–H and O–H groups in total. The molecule has 0 aliphatic carbocycles. The second kappa shape index (κ2) is 4.58. The van der Waals surface area contributed by atoms with Gasteiger partial charge in [-0.2, -0.15) is 0 Å². The van der Waals surface area contributed by atoms with Crippen LogP contribution in [0.15, 0.2) is 53.3 Å². The van der Waals surface area contributed by atoms with Gasteiger partial charge in [0.15, 0.2) is 18.9 Å². The molecule has 0 bridgehead atoms. The highest BCUT2D eigenvalue weighted by atomic mass is 79.9. The van der Waals surface area contributed by atoms with Gasteiger partial charge in [-0.15, -0.1) is 0 Å². The van der Waals surface area contributed by atoms with Crippen molar-refractivity contribution in [2.45, 2.75) is 13.5 Å². The highest BCUT2D eigenvalue weighted by Crippen LogP contribution is 2.19. The van der Waals surface area contributed by atoms with E-state index in [0.29, 0.717) is 0 Å². The first-order chi connectivity index (χ1) is 7.27. The molecule has 0 unspecified atom stereocenters. The fourth-order valence-corrected chi connectivity index (χ4v) is 2.18. The van der Waals surface area contributed by atoms with E-state index in [1.807, 2.05) is 18.2 Å². The van der Waals surface area contributed by atoms with Crippen LogP contribution in [0.3, 0.4) is 0 Å². The minimum atomic E-state index is 0.911. The first kappa shape index (κ1) is 10.4. The molecule has 0 aliphatic rings. The highest BCUT2D eigenvalue weighted by Gasteiger charge is 2.07. The van der Waals surface area contributed by atoms with E-state index in [4.69, 9.17) is 0 Å². The van der Waals surface area contributed by atoms with Crippen molar-refractivity contribution in [3.63, 3.8) is 0 Å². The molecule has 2 rings (SSSR count). The molecule has 15 heavy (non-hydrogen) atoms. The summed E-state index contributed by atoms with van der Waals surface area (Å²) in [6.45, 7) is 3.05. The third-order valence-corrected chi connectivity index (χ3v) is 3.21. The van der Waals surface area contributed by atoms with Gasteiger partial charge < -0.3 is 0 Å². The second-order valence-corrected chi connectivity index (χ2v) is 4.44. The zero-order valence-electron chi connectivity index (χ0n) is 8.65. The molecule has 0 aliphatic heterocycles. The molecule has 2 aromatic rings. The van der Waals surface area contributed by atoms with Crippen LogP contribution in [-0.2, 0) is 6.54 Å². The molecule has 1 aromatic heterocycles. The lowest BCUT2D eigenvalue weighted by molar-refractivity contribution is -0.688. The molecule has 0 atom stereocenters. The number of halogens is 1. The molecular formula is C13H13BrN+. The summed E-state index contributed by atoms with van der Waals surface area (Å²) >= 11 is 3.59. The molecule has 0 amide bonds. The Labute approximate surface area is 98.5 Å². The van der Waals surface area contributed by atoms with Crippen molar-refractivity contribution < 1.29 is 4.57 Å². The van der Waals surface area contributed by atoms with E-state index in [-0.39, 0.29) is 0 Å². The Hall–Kier alpha value is -1.15. The minimum Gasteiger partial charge on any atom is -0.201 e. The first-order valence-electron chi connectivity index (χ1n) is 4.95. The fraction of sp³-hybridized carbons (Fsp3) is 0.154. The van der Waals surface area contributed by atoms with Crippen molar-refractivity contribution in [3.05, 3.63) is 64.4 Å². The fourth-order valence-electron chi connectivity index (χ4n) is 1.59. The molecular weight excluding hydrogens is 250 g/mol. The van der Waals surface area contributed by atoms with E-state index >= 15 is 0 Å². The monoisotopic (exact) mass is 262 g/mol. The summed E-state index contributed by atoms with van der Waals surface area (Å²) in [5, 5.41) is 0. The molecule has 1 heterocycles. The summed E-state index contributed by atoms with van der Waals surface area (Å²) in [4.78, 5) is 0. The van der Waals surface area contributed by atoms with Crippen LogP contribution in [0.25, 0.3) is 0 Å². The number of rotatable bonds is 2. The summed E-state index contributed by atoms with van der Waals surface area (Å²) in [5.41, 5.74) is 2.66. The third-order valence-electron chi connectivity index (χ3n) is 2.47. The van der Waals surface area contributed by atoms with Gasteiger partial charge in [0.05, 0.1) is 0 Å². The van der Waals surface area contributed by atoms with Crippen LogP contribution in [0.5, 0.6) is 0 Å². The van der Waals surface area contributed by atoms with Gasteiger partial charge in [0, 0.05) is 22.2 Å². The smallest absolute Gasteiger partial charge is 0.175 e. The molecule has 0 saturated carbocycles. The van der Waals surface area contributed by atoms with Gasteiger partial charge in [-0.25, -0.2) is 4.57 Å². The van der Waals surface area contributed by atoms with E-state index < -0.39 is 0 Å². The van der Waals surface area contributed by atoms with Crippen LogP contribution in [0.1, 0.15) is 11.1 Å². The third kappa shape index (κ3) is 2.45. The Morgan fingerprint density at radius 1 is 1.07 bits per heavy atom. The maximum atomic E-state index is 3.59. The molecule has 1 aromatic carbocycles. The lowest BCUT2D eigenvalue weighted by atomic mass is 10.1. The number of benzene rings is 1. The highest BCUT2D eigenvalue weighted by molar-refractivity contribution is 9.10. The topological polar surface area (TPSA) is 3.88 Å². The van der Waals surface area contributed by atoms with Gasteiger partial charge in [0.1, 0.15) is 0 Å². The predicted molar refractivity (Wildman–Crippen MR) is 64.6 cm³/mol. The Balaban J connectivity index is 2.32. The van der Waals surface area contributed by atoms with Crippen molar-refractivity contribution in [2.24, 2.45) is 0 Å². The van der Waals surface area contributed by atoms with Gasteiger partial charge in [-0.3, -0.25) is 0 Å². The Morgan fingerprint density at radius 2 is 1.80 bits per heavy atom. The maximum absolute atomic E-state index is 3.59. The predicted octanol–water partition coefficient (Wildman–Crippen LogP) is 3.09. The van der Waals surface area contributed by atoms with Crippen molar-refractivity contribution in [1.29, 1.82) is 0 Å². The number of aromatic nitrogens is 1. The van der Waals surface area contributed by atoms with E-state index in [1.54, 1.807) is 0 Å². The van der Waals surface area contributed by atoms with E-state index in [2.05, 4.69) is 58.0 Å². The zero-order valence-corrected chi connectivity index (χ0v) is 10.2. The van der Waals surface area contributed by atoms with Gasteiger partial charge in [-0.05, 0) is 18.6 Å². The van der Waals surface area contributed by atoms with Crippen molar-refractivity contribution in [2.75, 3.05) is 0 Å². The SMILES string of the molecule is Cc1cccc(Br)c1C[n+]1ccccc1. The largest absolute Gasteiger partial charge is 0.201 e. The van der Waals surface area contributed by atoms with Crippen LogP contribution >= 0.6 is 15.9 Å². The summed E-state index contributed by atoms with van der Waals surface area (Å²) in [5.74, 6) is 0. The number of hydrogen-bond donors (Lipinski definition) is 0. The number of nitrogens with zero attached hydrogens (tertiary/aromatic N) is 1. The van der Waals surface area contributed by atoms with Crippen LogP contribution in [-0.4, -0.2) is 0 Å². The molecule has 76 valence electrons. The number of aryl methyl sites for hydroxylation is 1. The lowest BCUT2D eigenvalue weighted by Crippen LogP contribution is -2.33. The summed E-state index contributed by atoms with van der Waals surface area (Å²) in [6, 6.07) is 12.4. The molecule has 0 spiro atoms. The standard InChI is InChI=1S/C13H13BrN/c1-11-6-5-7-13(14)12(11)10-15-8-3-2-4-9-15/h2-9H,10H2,1H3/q+1.